The number of benzene rings is 1. The minimum Gasteiger partial charge on any atom is -0.433 e. The zero-order valence-corrected chi connectivity index (χ0v) is 22.2. The van der Waals surface area contributed by atoms with Crippen LogP contribution in [0.2, 0.25) is 4.34 Å². The van der Waals surface area contributed by atoms with Gasteiger partial charge >= 0.3 is 6.61 Å². The van der Waals surface area contributed by atoms with Crippen molar-refractivity contribution in [3.05, 3.63) is 39.5 Å². The fourth-order valence-corrected chi connectivity index (χ4v) is 4.37. The predicted molar refractivity (Wildman–Crippen MR) is 138 cm³/mol. The number of nitrogens with one attached hydrogen (secondary N) is 3. The summed E-state index contributed by atoms with van der Waals surface area (Å²) >= 11 is 7.01. The molecule has 1 aliphatic rings. The summed E-state index contributed by atoms with van der Waals surface area (Å²) in [6.45, 7) is 3.52. The van der Waals surface area contributed by atoms with Crippen molar-refractivity contribution in [1.29, 1.82) is 0 Å². The monoisotopic (exact) mass is 558 g/mol. The second-order valence-corrected chi connectivity index (χ2v) is 11.2. The Morgan fingerprint density at radius 2 is 2.00 bits per heavy atom. The number of ether oxygens (including phenoxy) is 2. The van der Waals surface area contributed by atoms with E-state index >= 15 is 0 Å². The van der Waals surface area contributed by atoms with Gasteiger partial charge in [-0.15, -0.1) is 11.3 Å². The molecule has 202 valence electrons. The number of anilines is 2. The van der Waals surface area contributed by atoms with Gasteiger partial charge in [0.15, 0.2) is 5.75 Å². The number of carbonyl (C=O) groups excluding carboxylic acids is 3. The third kappa shape index (κ3) is 8.63. The van der Waals surface area contributed by atoms with Crippen LogP contribution in [0.3, 0.4) is 0 Å². The molecule has 0 spiro atoms. The van der Waals surface area contributed by atoms with Gasteiger partial charge in [0.25, 0.3) is 11.8 Å². The summed E-state index contributed by atoms with van der Waals surface area (Å²) in [6.07, 6.45) is 0. The molecule has 1 fully saturated rings. The van der Waals surface area contributed by atoms with Crippen LogP contribution in [0.25, 0.3) is 0 Å². The molecule has 1 aromatic carbocycles. The van der Waals surface area contributed by atoms with Crippen LogP contribution in [0.5, 0.6) is 5.75 Å². The second-order valence-electron chi connectivity index (χ2n) is 9.46. The van der Waals surface area contributed by atoms with Gasteiger partial charge in [-0.05, 0) is 29.7 Å². The van der Waals surface area contributed by atoms with Crippen LogP contribution in [-0.4, -0.2) is 63.2 Å². The molecule has 0 unspecified atom stereocenters. The van der Waals surface area contributed by atoms with Crippen molar-refractivity contribution >= 4 is 52.0 Å². The lowest BCUT2D eigenvalue weighted by Gasteiger charge is -2.28. The first-order valence-corrected chi connectivity index (χ1v) is 12.7. The quantitative estimate of drug-likeness (QED) is 0.410. The Bertz CT molecular complexity index is 1120. The number of hydrogen-bond acceptors (Lipinski definition) is 7. The first kappa shape index (κ1) is 28.8. The number of amides is 3. The van der Waals surface area contributed by atoms with Crippen molar-refractivity contribution in [1.82, 2.24) is 10.6 Å². The number of halogens is 3. The Hall–Kier alpha value is -2.80. The normalized spacial score (nSPS) is 15.0. The molecule has 1 aliphatic heterocycles. The Morgan fingerprint density at radius 3 is 2.62 bits per heavy atom. The van der Waals surface area contributed by atoms with E-state index in [4.69, 9.17) is 16.3 Å². The van der Waals surface area contributed by atoms with Crippen LogP contribution in [-0.2, 0) is 14.3 Å². The zero-order valence-electron chi connectivity index (χ0n) is 20.6. The summed E-state index contributed by atoms with van der Waals surface area (Å²) in [4.78, 5) is 39.5. The molecule has 1 saturated heterocycles. The van der Waals surface area contributed by atoms with E-state index in [0.29, 0.717) is 15.8 Å². The van der Waals surface area contributed by atoms with Gasteiger partial charge in [0.05, 0.1) is 21.5 Å². The summed E-state index contributed by atoms with van der Waals surface area (Å²) in [5.74, 6) is -1.52. The molecule has 1 atom stereocenters. The molecule has 3 amide bonds. The van der Waals surface area contributed by atoms with E-state index in [2.05, 4.69) is 20.7 Å². The highest BCUT2D eigenvalue weighted by molar-refractivity contribution is 7.18. The second kappa shape index (κ2) is 12.6. The number of nitrogens with zero attached hydrogens (tertiary/aromatic N) is 1. The first-order valence-electron chi connectivity index (χ1n) is 11.5. The predicted octanol–water partition coefficient (Wildman–Crippen LogP) is 3.74. The van der Waals surface area contributed by atoms with Gasteiger partial charge in [-0.2, -0.15) is 8.78 Å². The lowest BCUT2D eigenvalue weighted by molar-refractivity contribution is -0.125. The van der Waals surface area contributed by atoms with Crippen molar-refractivity contribution in [2.75, 3.05) is 43.1 Å². The molecule has 3 rings (SSSR count). The minimum atomic E-state index is -3.14. The third-order valence-corrected chi connectivity index (χ3v) is 6.41. The van der Waals surface area contributed by atoms with E-state index in [1.807, 2.05) is 20.8 Å². The van der Waals surface area contributed by atoms with Gasteiger partial charge in [0, 0.05) is 31.4 Å². The number of rotatable bonds is 10. The highest BCUT2D eigenvalue weighted by Gasteiger charge is 2.26. The van der Waals surface area contributed by atoms with Crippen LogP contribution < -0.4 is 25.6 Å². The van der Waals surface area contributed by atoms with Crippen LogP contribution in [0.15, 0.2) is 30.3 Å². The Balaban J connectivity index is 1.76. The molecular weight excluding hydrogens is 530 g/mol. The van der Waals surface area contributed by atoms with Gasteiger partial charge in [0.2, 0.25) is 5.91 Å². The van der Waals surface area contributed by atoms with E-state index in [1.165, 1.54) is 23.1 Å². The summed E-state index contributed by atoms with van der Waals surface area (Å²) in [5.41, 5.74) is 0.175. The largest absolute Gasteiger partial charge is 0.433 e. The summed E-state index contributed by atoms with van der Waals surface area (Å²) in [6, 6.07) is 6.51. The average Bonchev–Trinajstić information content (AvgIpc) is 3.25. The topological polar surface area (TPSA) is 109 Å². The molecule has 0 bridgehead atoms. The lowest BCUT2D eigenvalue weighted by Crippen LogP contribution is -2.50. The van der Waals surface area contributed by atoms with Crippen molar-refractivity contribution in [2.45, 2.75) is 33.4 Å². The van der Waals surface area contributed by atoms with E-state index in [0.717, 1.165) is 11.3 Å². The average molecular weight is 559 g/mol. The van der Waals surface area contributed by atoms with Crippen molar-refractivity contribution in [3.8, 4) is 5.75 Å². The molecular formula is C24H29ClF2N4O5S. The van der Waals surface area contributed by atoms with Gasteiger partial charge in [0.1, 0.15) is 12.6 Å². The van der Waals surface area contributed by atoms with E-state index in [1.54, 1.807) is 12.1 Å². The van der Waals surface area contributed by atoms with E-state index < -0.39 is 24.5 Å². The van der Waals surface area contributed by atoms with Gasteiger partial charge in [-0.3, -0.25) is 14.4 Å². The van der Waals surface area contributed by atoms with Crippen LogP contribution >= 0.6 is 22.9 Å². The number of hydrogen-bond donors (Lipinski definition) is 3. The van der Waals surface area contributed by atoms with Crippen LogP contribution in [0.4, 0.5) is 20.2 Å². The molecule has 37 heavy (non-hydrogen) atoms. The molecule has 13 heteroatoms. The Kier molecular flexibility index (Phi) is 9.82. The molecule has 0 aliphatic carbocycles. The SMILES string of the molecule is CC(C)(C)CN[C@@H](CNC(=O)c1ccc(Cl)s1)C(=O)Nc1ccc(N2CCOCC2=O)c(OC(F)F)c1. The Morgan fingerprint density at radius 1 is 1.24 bits per heavy atom. The van der Waals surface area contributed by atoms with Crippen molar-refractivity contribution in [2.24, 2.45) is 5.41 Å². The fourth-order valence-electron chi connectivity index (χ4n) is 3.41. The summed E-state index contributed by atoms with van der Waals surface area (Å²) in [5, 5.41) is 8.54. The maximum absolute atomic E-state index is 13.1. The molecule has 9 nitrogen and oxygen atoms in total. The smallest absolute Gasteiger partial charge is 0.387 e. The molecule has 0 saturated carbocycles. The van der Waals surface area contributed by atoms with Crippen LogP contribution in [0.1, 0.15) is 30.4 Å². The number of alkyl halides is 2. The highest BCUT2D eigenvalue weighted by atomic mass is 35.5. The third-order valence-electron chi connectivity index (χ3n) is 5.18. The number of thiophene rings is 1. The maximum atomic E-state index is 13.1. The summed E-state index contributed by atoms with van der Waals surface area (Å²) < 4.78 is 36.5. The number of carbonyl (C=O) groups is 3. The van der Waals surface area contributed by atoms with Gasteiger partial charge < -0.3 is 30.3 Å². The molecule has 0 radical (unpaired) electrons. The maximum Gasteiger partial charge on any atom is 0.387 e. The van der Waals surface area contributed by atoms with Crippen LogP contribution in [0, 0.1) is 5.41 Å². The molecule has 2 aromatic rings. The van der Waals surface area contributed by atoms with Crippen molar-refractivity contribution in [3.63, 3.8) is 0 Å². The first-order chi connectivity index (χ1) is 17.4. The highest BCUT2D eigenvalue weighted by Crippen LogP contribution is 2.33. The fraction of sp³-hybridized carbons (Fsp3) is 0.458. The molecule has 3 N–H and O–H groups in total. The van der Waals surface area contributed by atoms with Gasteiger partial charge in [-0.25, -0.2) is 0 Å². The van der Waals surface area contributed by atoms with Crippen molar-refractivity contribution < 1.29 is 32.6 Å². The zero-order chi connectivity index (χ0) is 27.2. The van der Waals surface area contributed by atoms with E-state index in [-0.39, 0.29) is 54.7 Å². The summed E-state index contributed by atoms with van der Waals surface area (Å²) in [7, 11) is 0. The Labute approximate surface area is 222 Å². The lowest BCUT2D eigenvalue weighted by atomic mass is 9.96. The molecule has 1 aromatic heterocycles. The standard InChI is InChI=1S/C24H29ClF2N4O5S/c1-24(2,3)13-29-15(11-28-22(34)18-6-7-19(25)37-18)21(33)30-14-4-5-16(17(10-14)36-23(26)27)31-8-9-35-12-20(31)32/h4-7,10,15,23,29H,8-9,11-13H2,1-3H3,(H,28,34)(H,30,33)/t15-/m0/s1. The minimum absolute atomic E-state index is 0.0307. The van der Waals surface area contributed by atoms with E-state index in [9.17, 15) is 23.2 Å². The molecule has 2 heterocycles. The number of morpholine rings is 1. The van der Waals surface area contributed by atoms with Gasteiger partial charge in [-0.1, -0.05) is 32.4 Å².